The Labute approximate surface area is 164 Å². The van der Waals surface area contributed by atoms with E-state index in [0.29, 0.717) is 13.2 Å². The van der Waals surface area contributed by atoms with E-state index >= 15 is 0 Å². The number of fused-ring (bicyclic) bond motifs is 1. The van der Waals surface area contributed by atoms with E-state index in [1.807, 2.05) is 24.4 Å². The highest BCUT2D eigenvalue weighted by atomic mass is 16.5. The fourth-order valence-corrected chi connectivity index (χ4v) is 4.21. The van der Waals surface area contributed by atoms with Crippen molar-refractivity contribution in [1.29, 1.82) is 0 Å². The molecule has 0 atom stereocenters. The molecule has 28 heavy (non-hydrogen) atoms. The van der Waals surface area contributed by atoms with Crippen LogP contribution >= 0.6 is 0 Å². The third kappa shape index (κ3) is 3.25. The molecule has 3 aromatic rings. The minimum Gasteiger partial charge on any atom is -0.393 e. The Morgan fingerprint density at radius 1 is 0.964 bits per heavy atom. The van der Waals surface area contributed by atoms with Crippen molar-refractivity contribution in [2.45, 2.75) is 37.8 Å². The van der Waals surface area contributed by atoms with Crippen molar-refractivity contribution in [2.24, 2.45) is 0 Å². The van der Waals surface area contributed by atoms with Crippen molar-refractivity contribution in [2.75, 3.05) is 31.2 Å². The summed E-state index contributed by atoms with van der Waals surface area (Å²) in [5.41, 5.74) is 2.88. The van der Waals surface area contributed by atoms with Gasteiger partial charge in [-0.3, -0.25) is 0 Å². The lowest BCUT2D eigenvalue weighted by molar-refractivity contribution is 0.109. The van der Waals surface area contributed by atoms with Gasteiger partial charge in [0.05, 0.1) is 42.6 Å². The van der Waals surface area contributed by atoms with E-state index in [1.54, 1.807) is 0 Å². The van der Waals surface area contributed by atoms with Crippen LogP contribution in [0.2, 0.25) is 0 Å². The van der Waals surface area contributed by atoms with Crippen molar-refractivity contribution in [1.82, 2.24) is 19.7 Å². The summed E-state index contributed by atoms with van der Waals surface area (Å²) in [6, 6.07) is 10.5. The van der Waals surface area contributed by atoms with Gasteiger partial charge in [-0.2, -0.15) is 10.1 Å². The predicted molar refractivity (Wildman–Crippen MR) is 107 cm³/mol. The maximum Gasteiger partial charge on any atom is 0.228 e. The number of nitrogens with zero attached hydrogens (tertiary/aromatic N) is 5. The van der Waals surface area contributed by atoms with Gasteiger partial charge in [0, 0.05) is 18.7 Å². The van der Waals surface area contributed by atoms with Crippen LogP contribution in [0.3, 0.4) is 0 Å². The third-order valence-electron chi connectivity index (χ3n) is 5.80. The summed E-state index contributed by atoms with van der Waals surface area (Å²) >= 11 is 0. The molecule has 3 heterocycles. The zero-order chi connectivity index (χ0) is 18.9. The summed E-state index contributed by atoms with van der Waals surface area (Å²) in [5.74, 6) is 0.743. The monoisotopic (exact) mass is 379 g/mol. The van der Waals surface area contributed by atoms with Gasteiger partial charge in [-0.1, -0.05) is 30.3 Å². The second-order valence-corrected chi connectivity index (χ2v) is 7.63. The van der Waals surface area contributed by atoms with E-state index in [1.165, 1.54) is 0 Å². The summed E-state index contributed by atoms with van der Waals surface area (Å²) in [6.45, 7) is 2.98. The van der Waals surface area contributed by atoms with Gasteiger partial charge in [-0.15, -0.1) is 0 Å². The summed E-state index contributed by atoms with van der Waals surface area (Å²) in [4.78, 5) is 12.1. The molecule has 1 aliphatic carbocycles. The molecule has 0 amide bonds. The number of morpholine rings is 1. The van der Waals surface area contributed by atoms with E-state index in [-0.39, 0.29) is 12.1 Å². The quantitative estimate of drug-likeness (QED) is 0.754. The molecule has 1 saturated carbocycles. The van der Waals surface area contributed by atoms with Crippen LogP contribution in [0.1, 0.15) is 31.7 Å². The fraction of sp³-hybridized carbons (Fsp3) is 0.476. The molecule has 1 N–H and O–H groups in total. The molecule has 7 heteroatoms. The van der Waals surface area contributed by atoms with Gasteiger partial charge in [0.2, 0.25) is 5.95 Å². The lowest BCUT2D eigenvalue weighted by atomic mass is 9.93. The summed E-state index contributed by atoms with van der Waals surface area (Å²) in [7, 11) is 0. The standard InChI is InChI=1S/C21H25N5O2/c27-17-8-6-16(7-9-17)26-20-18(14-22-26)19(15-4-2-1-3-5-15)23-21(24-20)25-10-12-28-13-11-25/h1-5,14,16-17,27H,6-13H2. The van der Waals surface area contributed by atoms with Gasteiger partial charge >= 0.3 is 0 Å². The Morgan fingerprint density at radius 3 is 2.46 bits per heavy atom. The van der Waals surface area contributed by atoms with E-state index in [0.717, 1.165) is 67.0 Å². The highest BCUT2D eigenvalue weighted by Crippen LogP contribution is 2.34. The maximum absolute atomic E-state index is 9.87. The second kappa shape index (κ2) is 7.48. The second-order valence-electron chi connectivity index (χ2n) is 7.63. The predicted octanol–water partition coefficient (Wildman–Crippen LogP) is 2.81. The number of hydrogen-bond donors (Lipinski definition) is 1. The molecule has 5 rings (SSSR count). The topological polar surface area (TPSA) is 76.3 Å². The number of rotatable bonds is 3. The lowest BCUT2D eigenvalue weighted by Crippen LogP contribution is -2.37. The first-order chi connectivity index (χ1) is 13.8. The summed E-state index contributed by atoms with van der Waals surface area (Å²) in [6.07, 6.45) is 5.20. The Kier molecular flexibility index (Phi) is 4.70. The van der Waals surface area contributed by atoms with Crippen LogP contribution in [-0.4, -0.2) is 57.3 Å². The van der Waals surface area contributed by atoms with Crippen molar-refractivity contribution >= 4 is 17.0 Å². The SMILES string of the molecule is OC1CCC(n2ncc3c(-c4ccccc4)nc(N4CCOCC4)nc32)CC1. The molecular weight excluding hydrogens is 354 g/mol. The third-order valence-corrected chi connectivity index (χ3v) is 5.80. The van der Waals surface area contributed by atoms with Gasteiger partial charge in [-0.05, 0) is 25.7 Å². The summed E-state index contributed by atoms with van der Waals surface area (Å²) in [5, 5.41) is 15.6. The first-order valence-electron chi connectivity index (χ1n) is 10.1. The van der Waals surface area contributed by atoms with Gasteiger partial charge < -0.3 is 14.7 Å². The summed E-state index contributed by atoms with van der Waals surface area (Å²) < 4.78 is 7.55. The van der Waals surface area contributed by atoms with Gasteiger partial charge in [0.25, 0.3) is 0 Å². The minimum absolute atomic E-state index is 0.184. The van der Waals surface area contributed by atoms with E-state index in [2.05, 4.69) is 21.7 Å². The Balaban J connectivity index is 1.63. The molecule has 0 radical (unpaired) electrons. The molecule has 1 aliphatic heterocycles. The zero-order valence-corrected chi connectivity index (χ0v) is 15.9. The molecule has 2 aliphatic rings. The van der Waals surface area contributed by atoms with Gasteiger partial charge in [0.1, 0.15) is 0 Å². The maximum atomic E-state index is 9.87. The smallest absolute Gasteiger partial charge is 0.228 e. The number of ether oxygens (including phenoxy) is 1. The minimum atomic E-state index is -0.184. The molecule has 146 valence electrons. The number of anilines is 1. The first kappa shape index (κ1) is 17.6. The molecular formula is C21H25N5O2. The Bertz CT molecular complexity index is 944. The van der Waals surface area contributed by atoms with Crippen LogP contribution in [0.4, 0.5) is 5.95 Å². The Hall–Kier alpha value is -2.51. The Morgan fingerprint density at radius 2 is 1.71 bits per heavy atom. The zero-order valence-electron chi connectivity index (χ0n) is 15.9. The fourth-order valence-electron chi connectivity index (χ4n) is 4.21. The number of aliphatic hydroxyl groups is 1. The van der Waals surface area contributed by atoms with E-state index < -0.39 is 0 Å². The average Bonchev–Trinajstić information content (AvgIpc) is 3.19. The van der Waals surface area contributed by atoms with Crippen molar-refractivity contribution in [3.63, 3.8) is 0 Å². The molecule has 0 unspecified atom stereocenters. The van der Waals surface area contributed by atoms with Crippen LogP contribution in [0.15, 0.2) is 36.5 Å². The highest BCUT2D eigenvalue weighted by Gasteiger charge is 2.25. The van der Waals surface area contributed by atoms with Crippen LogP contribution in [0.5, 0.6) is 0 Å². The molecule has 2 fully saturated rings. The van der Waals surface area contributed by atoms with Crippen molar-refractivity contribution in [3.05, 3.63) is 36.5 Å². The molecule has 1 aromatic carbocycles. The highest BCUT2D eigenvalue weighted by molar-refractivity contribution is 5.91. The van der Waals surface area contributed by atoms with E-state index in [4.69, 9.17) is 19.8 Å². The van der Waals surface area contributed by atoms with Gasteiger partial charge in [-0.25, -0.2) is 9.67 Å². The molecule has 0 spiro atoms. The molecule has 7 nitrogen and oxygen atoms in total. The number of benzene rings is 1. The molecule has 1 saturated heterocycles. The molecule has 0 bridgehead atoms. The number of aromatic nitrogens is 4. The van der Waals surface area contributed by atoms with Crippen LogP contribution < -0.4 is 4.90 Å². The first-order valence-corrected chi connectivity index (χ1v) is 10.1. The lowest BCUT2D eigenvalue weighted by Gasteiger charge is -2.28. The normalized spacial score (nSPS) is 23.2. The van der Waals surface area contributed by atoms with Crippen molar-refractivity contribution in [3.8, 4) is 11.3 Å². The number of hydrogen-bond acceptors (Lipinski definition) is 6. The van der Waals surface area contributed by atoms with Crippen molar-refractivity contribution < 1.29 is 9.84 Å². The van der Waals surface area contributed by atoms with Gasteiger partial charge in [0.15, 0.2) is 5.65 Å². The van der Waals surface area contributed by atoms with Crippen LogP contribution in [0, 0.1) is 0 Å². The van der Waals surface area contributed by atoms with E-state index in [9.17, 15) is 5.11 Å². The molecule has 2 aromatic heterocycles. The van der Waals surface area contributed by atoms with Crippen LogP contribution in [-0.2, 0) is 4.74 Å². The number of aliphatic hydroxyl groups excluding tert-OH is 1. The average molecular weight is 379 g/mol. The largest absolute Gasteiger partial charge is 0.393 e. The van der Waals surface area contributed by atoms with Crippen LogP contribution in [0.25, 0.3) is 22.3 Å².